The summed E-state index contributed by atoms with van der Waals surface area (Å²) >= 11 is 0. The number of halogens is 1. The van der Waals surface area contributed by atoms with E-state index >= 15 is 0 Å². The monoisotopic (exact) mass is 332 g/mol. The van der Waals surface area contributed by atoms with E-state index in [1.54, 1.807) is 4.98 Å². The lowest BCUT2D eigenvalue weighted by Gasteiger charge is -2.14. The fourth-order valence-electron chi connectivity index (χ4n) is 2.13. The number of anilines is 1. The number of imidazole rings is 1. The van der Waals surface area contributed by atoms with Gasteiger partial charge in [0.05, 0.1) is 19.1 Å². The van der Waals surface area contributed by atoms with Crippen molar-refractivity contribution in [3.63, 3.8) is 0 Å². The second-order valence-corrected chi connectivity index (χ2v) is 4.66. The highest BCUT2D eigenvalue weighted by molar-refractivity contribution is 5.81. The van der Waals surface area contributed by atoms with Gasteiger partial charge in [0.2, 0.25) is 5.82 Å². The zero-order chi connectivity index (χ0) is 17.3. The molecule has 3 heterocycles. The maximum atomic E-state index is 13.4. The summed E-state index contributed by atoms with van der Waals surface area (Å²) in [6, 6.07) is 0. The molecule has 0 fully saturated rings. The summed E-state index contributed by atoms with van der Waals surface area (Å²) in [6.07, 6.45) is 2.10. The molecule has 0 amide bonds. The van der Waals surface area contributed by atoms with Crippen molar-refractivity contribution in [2.75, 3.05) is 5.73 Å². The van der Waals surface area contributed by atoms with Crippen molar-refractivity contribution in [2.24, 2.45) is 5.11 Å². The summed E-state index contributed by atoms with van der Waals surface area (Å²) in [6.45, 7) is -0.0948. The molecule has 3 aromatic heterocycles. The molecular formula is C11H9FN10O2. The molecule has 0 saturated heterocycles. The molecule has 0 aliphatic rings. The van der Waals surface area contributed by atoms with Crippen LogP contribution >= 0.6 is 0 Å². The highest BCUT2D eigenvalue weighted by atomic mass is 19.1. The van der Waals surface area contributed by atoms with Gasteiger partial charge in [-0.15, -0.1) is 0 Å². The molecule has 0 bridgehead atoms. The molecule has 122 valence electrons. The predicted molar refractivity (Wildman–Crippen MR) is 79.2 cm³/mol. The Bertz CT molecular complexity index is 1080. The summed E-state index contributed by atoms with van der Waals surface area (Å²) in [5.74, 6) is -1.03. The highest BCUT2D eigenvalue weighted by Gasteiger charge is 2.17. The minimum atomic E-state index is -1.19. The second-order valence-electron chi connectivity index (χ2n) is 4.66. The van der Waals surface area contributed by atoms with Gasteiger partial charge in [0.1, 0.15) is 18.0 Å². The Labute approximate surface area is 131 Å². The zero-order valence-electron chi connectivity index (χ0n) is 11.9. The fraction of sp³-hybridized carbons (Fsp3) is 0.182. The van der Waals surface area contributed by atoms with Gasteiger partial charge in [-0.3, -0.25) is 14.3 Å². The third-order valence-electron chi connectivity index (χ3n) is 3.22. The van der Waals surface area contributed by atoms with Gasteiger partial charge in [-0.05, 0) is 5.53 Å². The summed E-state index contributed by atoms with van der Waals surface area (Å²) in [4.78, 5) is 39.2. The first-order valence-corrected chi connectivity index (χ1v) is 6.47. The smallest absolute Gasteiger partial charge is 0.328 e. The van der Waals surface area contributed by atoms with Gasteiger partial charge in [0.25, 0.3) is 5.56 Å². The molecular weight excluding hydrogens is 323 g/mol. The van der Waals surface area contributed by atoms with Crippen LogP contribution in [0.1, 0.15) is 6.17 Å². The number of hydrogen-bond acceptors (Lipinski definition) is 7. The average Bonchev–Trinajstić information content (AvgIpc) is 2.95. The molecule has 24 heavy (non-hydrogen) atoms. The molecule has 0 saturated carbocycles. The third-order valence-corrected chi connectivity index (χ3v) is 3.22. The van der Waals surface area contributed by atoms with E-state index in [1.807, 2.05) is 0 Å². The van der Waals surface area contributed by atoms with Crippen LogP contribution in [0.4, 0.5) is 10.2 Å². The van der Waals surface area contributed by atoms with Crippen LogP contribution in [0.5, 0.6) is 0 Å². The summed E-state index contributed by atoms with van der Waals surface area (Å²) in [5.41, 5.74) is 13.0. The molecule has 1 unspecified atom stereocenters. The van der Waals surface area contributed by atoms with E-state index in [1.165, 1.54) is 17.2 Å². The first-order chi connectivity index (χ1) is 11.5. The number of nitrogens with one attached hydrogen (secondary N) is 1. The Morgan fingerprint density at radius 1 is 1.42 bits per heavy atom. The third kappa shape index (κ3) is 2.55. The number of hydrogen-bond donors (Lipinski definition) is 2. The van der Waals surface area contributed by atoms with Crippen molar-refractivity contribution in [3.8, 4) is 0 Å². The van der Waals surface area contributed by atoms with Crippen LogP contribution in [0.3, 0.4) is 0 Å². The van der Waals surface area contributed by atoms with Crippen molar-refractivity contribution in [3.05, 3.63) is 55.9 Å². The molecule has 0 radical (unpaired) electrons. The molecule has 1 atom stereocenters. The van der Waals surface area contributed by atoms with Crippen LogP contribution in [0.2, 0.25) is 0 Å². The van der Waals surface area contributed by atoms with Crippen molar-refractivity contribution in [1.29, 1.82) is 0 Å². The van der Waals surface area contributed by atoms with E-state index in [2.05, 4.69) is 25.0 Å². The van der Waals surface area contributed by atoms with Gasteiger partial charge in [-0.1, -0.05) is 5.11 Å². The van der Waals surface area contributed by atoms with Crippen LogP contribution in [-0.2, 0) is 6.54 Å². The van der Waals surface area contributed by atoms with Gasteiger partial charge in [-0.25, -0.2) is 19.7 Å². The Morgan fingerprint density at radius 3 is 2.96 bits per heavy atom. The van der Waals surface area contributed by atoms with E-state index in [4.69, 9.17) is 11.3 Å². The van der Waals surface area contributed by atoms with Gasteiger partial charge in [-0.2, -0.15) is 4.39 Å². The largest absolute Gasteiger partial charge is 0.382 e. The standard InChI is InChI=1S/C11H9FN10O2/c12-5-1-22(11(24)18-10(5)23)6(19-20-14)2-21-4-17-7-8(13)15-3-16-9(7)21/h1,3-4,6H,2H2,(H2,13,15,16)(H,18,23,24). The Kier molecular flexibility index (Phi) is 3.67. The fourth-order valence-corrected chi connectivity index (χ4v) is 2.13. The number of H-pyrrole nitrogens is 1. The molecule has 0 aromatic carbocycles. The van der Waals surface area contributed by atoms with Crippen LogP contribution in [-0.4, -0.2) is 29.1 Å². The van der Waals surface area contributed by atoms with E-state index in [0.717, 1.165) is 4.57 Å². The molecule has 0 aliphatic heterocycles. The maximum Gasteiger partial charge on any atom is 0.328 e. The normalized spacial score (nSPS) is 12.0. The van der Waals surface area contributed by atoms with Crippen LogP contribution in [0.15, 0.2) is 33.6 Å². The van der Waals surface area contributed by atoms with Crippen molar-refractivity contribution in [1.82, 2.24) is 29.1 Å². The van der Waals surface area contributed by atoms with Gasteiger partial charge < -0.3 is 10.3 Å². The molecule has 12 nitrogen and oxygen atoms in total. The Hall–Kier alpha value is -3.73. The first-order valence-electron chi connectivity index (χ1n) is 6.47. The topological polar surface area (TPSA) is 173 Å². The van der Waals surface area contributed by atoms with E-state index in [-0.39, 0.29) is 12.4 Å². The Balaban J connectivity index is 2.08. The number of rotatable bonds is 4. The van der Waals surface area contributed by atoms with E-state index in [0.29, 0.717) is 17.4 Å². The second kappa shape index (κ2) is 5.81. The lowest BCUT2D eigenvalue weighted by molar-refractivity contribution is 0.415. The SMILES string of the molecule is [N-]=[N+]=NC(Cn1cnc2c(N)ncnc21)n1cc(F)c(=O)[nH]c1=O. The molecule has 0 spiro atoms. The molecule has 3 N–H and O–H groups in total. The number of aromatic nitrogens is 6. The van der Waals surface area contributed by atoms with E-state index in [9.17, 15) is 14.0 Å². The molecule has 0 aliphatic carbocycles. The molecule has 13 heteroatoms. The van der Waals surface area contributed by atoms with Gasteiger partial charge in [0.15, 0.2) is 11.5 Å². The van der Waals surface area contributed by atoms with Crippen LogP contribution in [0, 0.1) is 5.82 Å². The van der Waals surface area contributed by atoms with Gasteiger partial charge >= 0.3 is 5.69 Å². The predicted octanol–water partition coefficient (Wildman–Crippen LogP) is -0.0933. The van der Waals surface area contributed by atoms with Gasteiger partial charge in [0, 0.05) is 4.91 Å². The first kappa shape index (κ1) is 15.2. The number of nitrogens with zero attached hydrogens (tertiary/aromatic N) is 8. The number of aromatic amines is 1. The van der Waals surface area contributed by atoms with Crippen LogP contribution < -0.4 is 17.0 Å². The van der Waals surface area contributed by atoms with Crippen molar-refractivity contribution >= 4 is 17.0 Å². The van der Waals surface area contributed by atoms with Crippen molar-refractivity contribution < 1.29 is 4.39 Å². The number of nitrogens with two attached hydrogens (primary N) is 1. The van der Waals surface area contributed by atoms with Crippen LogP contribution in [0.25, 0.3) is 21.6 Å². The summed E-state index contributed by atoms with van der Waals surface area (Å²) < 4.78 is 15.7. The zero-order valence-corrected chi connectivity index (χ0v) is 11.9. The maximum absolute atomic E-state index is 13.4. The summed E-state index contributed by atoms with van der Waals surface area (Å²) in [5, 5.41) is 3.46. The average molecular weight is 332 g/mol. The number of azide groups is 1. The molecule has 3 aromatic rings. The summed E-state index contributed by atoms with van der Waals surface area (Å²) in [7, 11) is 0. The molecule has 3 rings (SSSR count). The van der Waals surface area contributed by atoms with E-state index < -0.39 is 23.2 Å². The van der Waals surface area contributed by atoms with Crippen molar-refractivity contribution in [2.45, 2.75) is 12.7 Å². The lowest BCUT2D eigenvalue weighted by atomic mass is 10.4. The lowest BCUT2D eigenvalue weighted by Crippen LogP contribution is -2.34. The number of fused-ring (bicyclic) bond motifs is 1. The number of nitrogen functional groups attached to an aromatic ring is 1. The quantitative estimate of drug-likeness (QED) is 0.383. The minimum absolute atomic E-state index is 0.0948. The minimum Gasteiger partial charge on any atom is -0.382 e. The highest BCUT2D eigenvalue weighted by Crippen LogP contribution is 2.17. The Morgan fingerprint density at radius 2 is 2.21 bits per heavy atom.